The molecule has 2 N–H and O–H groups in total. The molecule has 0 radical (unpaired) electrons. The monoisotopic (exact) mass is 455 g/mol. The molecule has 4 aromatic rings. The molecule has 0 aliphatic heterocycles. The van der Waals surface area contributed by atoms with Gasteiger partial charge in [-0.1, -0.05) is 42.5 Å². The second kappa shape index (κ2) is 8.80. The van der Waals surface area contributed by atoms with Gasteiger partial charge in [-0.2, -0.15) is 8.78 Å². The summed E-state index contributed by atoms with van der Waals surface area (Å²) in [6, 6.07) is 19.1. The lowest BCUT2D eigenvalue weighted by Crippen LogP contribution is -2.10. The second-order valence-electron chi connectivity index (χ2n) is 7.05. The summed E-state index contributed by atoms with van der Waals surface area (Å²) in [5, 5.41) is 0. The van der Waals surface area contributed by atoms with E-state index in [1.165, 1.54) is 12.1 Å². The van der Waals surface area contributed by atoms with E-state index in [0.717, 1.165) is 34.0 Å². The Labute approximate surface area is 183 Å². The van der Waals surface area contributed by atoms with Gasteiger partial charge >= 0.3 is 6.61 Å². The number of aromatic nitrogens is 2. The van der Waals surface area contributed by atoms with Gasteiger partial charge in [-0.25, -0.2) is 13.4 Å². The van der Waals surface area contributed by atoms with Crippen LogP contribution in [0.3, 0.4) is 0 Å². The first-order chi connectivity index (χ1) is 15.3. The minimum atomic E-state index is -3.41. The Hall–Kier alpha value is -3.72. The fourth-order valence-electron chi connectivity index (χ4n) is 3.23. The van der Waals surface area contributed by atoms with Crippen LogP contribution < -0.4 is 9.46 Å². The Balaban J connectivity index is 1.58. The van der Waals surface area contributed by atoms with Gasteiger partial charge in [-0.15, -0.1) is 0 Å². The molecule has 0 saturated carbocycles. The number of rotatable bonds is 7. The summed E-state index contributed by atoms with van der Waals surface area (Å²) in [6.07, 6.45) is 4.69. The van der Waals surface area contributed by atoms with E-state index in [1.54, 1.807) is 36.4 Å². The summed E-state index contributed by atoms with van der Waals surface area (Å²) < 4.78 is 54.7. The van der Waals surface area contributed by atoms with Crippen LogP contribution in [-0.4, -0.2) is 31.3 Å². The SMILES string of the molecule is CS(=O)(=O)Nc1ccccc1-c1ccc2nc(/C=C/c3ccc(OC(F)F)cc3)[nH]c2c1. The molecular formula is C23H19F2N3O3S. The van der Waals surface area contributed by atoms with Crippen molar-refractivity contribution in [2.45, 2.75) is 6.61 Å². The lowest BCUT2D eigenvalue weighted by molar-refractivity contribution is -0.0498. The highest BCUT2D eigenvalue weighted by atomic mass is 32.2. The van der Waals surface area contributed by atoms with Crippen LogP contribution in [0.5, 0.6) is 5.75 Å². The predicted octanol–water partition coefficient (Wildman–Crippen LogP) is 5.37. The molecule has 0 aliphatic carbocycles. The van der Waals surface area contributed by atoms with Crippen molar-refractivity contribution in [2.24, 2.45) is 0 Å². The molecule has 1 aromatic heterocycles. The largest absolute Gasteiger partial charge is 0.435 e. The average Bonchev–Trinajstić information content (AvgIpc) is 3.14. The van der Waals surface area contributed by atoms with Crippen LogP contribution in [0.25, 0.3) is 34.3 Å². The standard InChI is InChI=1S/C23H19F2N3O3S/c1-32(29,30)28-19-5-3-2-4-18(19)16-9-12-20-21(14-16)27-22(26-20)13-8-15-6-10-17(11-7-15)31-23(24)25/h2-14,23,28H,1H3,(H,26,27)/b13-8+. The van der Waals surface area contributed by atoms with E-state index < -0.39 is 16.6 Å². The van der Waals surface area contributed by atoms with Crippen molar-refractivity contribution in [3.63, 3.8) is 0 Å². The number of aromatic amines is 1. The molecule has 0 fully saturated rings. The van der Waals surface area contributed by atoms with E-state index in [0.29, 0.717) is 11.5 Å². The molecule has 0 spiro atoms. The van der Waals surface area contributed by atoms with Crippen LogP contribution in [0, 0.1) is 0 Å². The number of benzene rings is 3. The highest BCUT2D eigenvalue weighted by Gasteiger charge is 2.10. The summed E-state index contributed by atoms with van der Waals surface area (Å²) in [5.41, 5.74) is 4.41. The third-order valence-corrected chi connectivity index (χ3v) is 5.16. The lowest BCUT2D eigenvalue weighted by atomic mass is 10.0. The first-order valence-corrected chi connectivity index (χ1v) is 11.5. The number of hydrogen-bond acceptors (Lipinski definition) is 4. The average molecular weight is 455 g/mol. The molecule has 0 amide bonds. The van der Waals surface area contributed by atoms with Crippen molar-refractivity contribution in [3.05, 3.63) is 78.1 Å². The quantitative estimate of drug-likeness (QED) is 0.392. The fraction of sp³-hybridized carbons (Fsp3) is 0.0870. The molecular weight excluding hydrogens is 436 g/mol. The molecule has 0 aliphatic rings. The molecule has 9 heteroatoms. The number of H-pyrrole nitrogens is 1. The van der Waals surface area contributed by atoms with E-state index in [4.69, 9.17) is 0 Å². The van der Waals surface area contributed by atoms with Gasteiger partial charge < -0.3 is 9.72 Å². The molecule has 1 heterocycles. The van der Waals surface area contributed by atoms with Gasteiger partial charge in [0.15, 0.2) is 0 Å². The van der Waals surface area contributed by atoms with E-state index in [2.05, 4.69) is 19.4 Å². The van der Waals surface area contributed by atoms with Crippen molar-refractivity contribution < 1.29 is 21.9 Å². The molecule has 3 aromatic carbocycles. The Morgan fingerprint density at radius 1 is 1.03 bits per heavy atom. The molecule has 0 atom stereocenters. The Bertz CT molecular complexity index is 1380. The number of fused-ring (bicyclic) bond motifs is 1. The molecule has 0 unspecified atom stereocenters. The van der Waals surface area contributed by atoms with Crippen molar-refractivity contribution in [3.8, 4) is 16.9 Å². The third kappa shape index (κ3) is 5.30. The van der Waals surface area contributed by atoms with Crippen molar-refractivity contribution in [1.29, 1.82) is 0 Å². The molecule has 6 nitrogen and oxygen atoms in total. The number of imidazole rings is 1. The number of ether oxygens (including phenoxy) is 1. The molecule has 32 heavy (non-hydrogen) atoms. The number of sulfonamides is 1. The highest BCUT2D eigenvalue weighted by molar-refractivity contribution is 7.92. The number of para-hydroxylation sites is 1. The summed E-state index contributed by atoms with van der Waals surface area (Å²) in [6.45, 7) is -2.86. The normalized spacial score (nSPS) is 12.0. The minimum absolute atomic E-state index is 0.0964. The molecule has 4 rings (SSSR count). The smallest absolute Gasteiger partial charge is 0.387 e. The maximum Gasteiger partial charge on any atom is 0.387 e. The maximum absolute atomic E-state index is 12.2. The summed E-state index contributed by atoms with van der Waals surface area (Å²) in [4.78, 5) is 7.74. The summed E-state index contributed by atoms with van der Waals surface area (Å²) >= 11 is 0. The van der Waals surface area contributed by atoms with Gasteiger partial charge in [-0.3, -0.25) is 4.72 Å². The highest BCUT2D eigenvalue weighted by Crippen LogP contribution is 2.30. The summed E-state index contributed by atoms with van der Waals surface area (Å²) in [5.74, 6) is 0.715. The zero-order valence-electron chi connectivity index (χ0n) is 16.9. The first kappa shape index (κ1) is 21.5. The van der Waals surface area contributed by atoms with E-state index in [9.17, 15) is 17.2 Å². The fourth-order valence-corrected chi connectivity index (χ4v) is 3.81. The van der Waals surface area contributed by atoms with E-state index in [1.807, 2.05) is 30.3 Å². The van der Waals surface area contributed by atoms with Gasteiger partial charge in [0.2, 0.25) is 10.0 Å². The molecule has 0 bridgehead atoms. The van der Waals surface area contributed by atoms with E-state index >= 15 is 0 Å². The number of nitrogens with zero attached hydrogens (tertiary/aromatic N) is 1. The van der Waals surface area contributed by atoms with Crippen LogP contribution >= 0.6 is 0 Å². The maximum atomic E-state index is 12.2. The van der Waals surface area contributed by atoms with E-state index in [-0.39, 0.29) is 5.75 Å². The third-order valence-electron chi connectivity index (χ3n) is 4.57. The van der Waals surface area contributed by atoms with Crippen LogP contribution in [0.15, 0.2) is 66.7 Å². The van der Waals surface area contributed by atoms with Crippen LogP contribution in [0.4, 0.5) is 14.5 Å². The zero-order chi connectivity index (χ0) is 22.7. The predicted molar refractivity (Wildman–Crippen MR) is 122 cm³/mol. The van der Waals surface area contributed by atoms with Crippen LogP contribution in [0.2, 0.25) is 0 Å². The Morgan fingerprint density at radius 2 is 1.78 bits per heavy atom. The summed E-state index contributed by atoms with van der Waals surface area (Å²) in [7, 11) is -3.41. The second-order valence-corrected chi connectivity index (χ2v) is 8.80. The van der Waals surface area contributed by atoms with Gasteiger partial charge in [0.05, 0.1) is 23.0 Å². The molecule has 0 saturated heterocycles. The van der Waals surface area contributed by atoms with Crippen LogP contribution in [-0.2, 0) is 10.0 Å². The van der Waals surface area contributed by atoms with Gasteiger partial charge in [0.25, 0.3) is 0 Å². The molecule has 164 valence electrons. The Morgan fingerprint density at radius 3 is 2.50 bits per heavy atom. The van der Waals surface area contributed by atoms with Gasteiger partial charge in [0.1, 0.15) is 11.6 Å². The lowest BCUT2D eigenvalue weighted by Gasteiger charge is -2.10. The van der Waals surface area contributed by atoms with Crippen molar-refractivity contribution >= 4 is 38.9 Å². The van der Waals surface area contributed by atoms with Crippen LogP contribution in [0.1, 0.15) is 11.4 Å². The van der Waals surface area contributed by atoms with Crippen molar-refractivity contribution in [1.82, 2.24) is 9.97 Å². The number of nitrogens with one attached hydrogen (secondary N) is 2. The minimum Gasteiger partial charge on any atom is -0.435 e. The topological polar surface area (TPSA) is 84.1 Å². The number of alkyl halides is 2. The number of halogens is 2. The zero-order valence-corrected chi connectivity index (χ0v) is 17.7. The van der Waals surface area contributed by atoms with Crippen molar-refractivity contribution in [2.75, 3.05) is 11.0 Å². The number of hydrogen-bond donors (Lipinski definition) is 2. The Kier molecular flexibility index (Phi) is 5.91. The number of anilines is 1. The van der Waals surface area contributed by atoms with Gasteiger partial charge in [-0.05, 0) is 47.5 Å². The van der Waals surface area contributed by atoms with Gasteiger partial charge in [0, 0.05) is 5.56 Å². The first-order valence-electron chi connectivity index (χ1n) is 9.57.